The highest BCUT2D eigenvalue weighted by Gasteiger charge is 2.18. The summed E-state index contributed by atoms with van der Waals surface area (Å²) in [6.45, 7) is 3.94. The highest BCUT2D eigenvalue weighted by atomic mass is 16.5. The first-order valence-electron chi connectivity index (χ1n) is 5.54. The smallest absolute Gasteiger partial charge is 0.0566 e. The molecule has 0 saturated carbocycles. The number of aliphatic hydroxyl groups is 1. The normalized spacial score (nSPS) is 18.3. The van der Waals surface area contributed by atoms with Gasteiger partial charge in [0.1, 0.15) is 0 Å². The van der Waals surface area contributed by atoms with Crippen molar-refractivity contribution in [3.63, 3.8) is 0 Å². The van der Waals surface area contributed by atoms with E-state index in [2.05, 4.69) is 16.7 Å². The second-order valence-corrected chi connectivity index (χ2v) is 4.02. The average Bonchev–Trinajstić information content (AvgIpc) is 2.63. The van der Waals surface area contributed by atoms with Crippen molar-refractivity contribution in [2.24, 2.45) is 0 Å². The van der Waals surface area contributed by atoms with Gasteiger partial charge in [-0.3, -0.25) is 4.68 Å². The number of aromatic nitrogens is 2. The molecule has 15 heavy (non-hydrogen) atoms. The molecular formula is C11H18N2O2. The van der Waals surface area contributed by atoms with Gasteiger partial charge in [0.25, 0.3) is 0 Å². The molecule has 1 aromatic rings. The van der Waals surface area contributed by atoms with Gasteiger partial charge in [-0.1, -0.05) is 0 Å². The minimum atomic E-state index is 0.195. The third-order valence-electron chi connectivity index (χ3n) is 3.06. The minimum absolute atomic E-state index is 0.195. The SMILES string of the molecule is Cc1c(CCO)cnn1C1CCOCC1. The van der Waals surface area contributed by atoms with Crippen LogP contribution >= 0.6 is 0 Å². The van der Waals surface area contributed by atoms with Gasteiger partial charge in [0, 0.05) is 25.5 Å². The molecule has 1 aliphatic heterocycles. The Labute approximate surface area is 89.9 Å². The van der Waals surface area contributed by atoms with Crippen molar-refractivity contribution in [3.8, 4) is 0 Å². The molecule has 0 bridgehead atoms. The van der Waals surface area contributed by atoms with Crippen LogP contribution in [0, 0.1) is 6.92 Å². The minimum Gasteiger partial charge on any atom is -0.396 e. The van der Waals surface area contributed by atoms with Gasteiger partial charge >= 0.3 is 0 Å². The quantitative estimate of drug-likeness (QED) is 0.812. The zero-order valence-electron chi connectivity index (χ0n) is 9.15. The van der Waals surface area contributed by atoms with Crippen LogP contribution in [0.4, 0.5) is 0 Å². The van der Waals surface area contributed by atoms with Crippen LogP contribution < -0.4 is 0 Å². The number of ether oxygens (including phenoxy) is 1. The molecule has 1 aliphatic rings. The summed E-state index contributed by atoms with van der Waals surface area (Å²) in [5.74, 6) is 0. The fraction of sp³-hybridized carbons (Fsp3) is 0.727. The van der Waals surface area contributed by atoms with Gasteiger partial charge in [0.15, 0.2) is 0 Å². The molecule has 84 valence electrons. The van der Waals surface area contributed by atoms with E-state index in [1.54, 1.807) is 0 Å². The summed E-state index contributed by atoms with van der Waals surface area (Å²) in [6, 6.07) is 0.478. The largest absolute Gasteiger partial charge is 0.396 e. The first-order valence-corrected chi connectivity index (χ1v) is 5.54. The average molecular weight is 210 g/mol. The van der Waals surface area contributed by atoms with Crippen molar-refractivity contribution in [1.29, 1.82) is 0 Å². The summed E-state index contributed by atoms with van der Waals surface area (Å²) in [6.07, 6.45) is 4.66. The predicted octanol–water partition coefficient (Wildman–Crippen LogP) is 1.08. The zero-order valence-corrected chi connectivity index (χ0v) is 9.15. The summed E-state index contributed by atoms with van der Waals surface area (Å²) < 4.78 is 7.43. The molecule has 1 aromatic heterocycles. The Hall–Kier alpha value is -0.870. The maximum atomic E-state index is 8.91. The lowest BCUT2D eigenvalue weighted by Crippen LogP contribution is -2.21. The van der Waals surface area contributed by atoms with Gasteiger partial charge < -0.3 is 9.84 Å². The Morgan fingerprint density at radius 1 is 1.53 bits per heavy atom. The summed E-state index contributed by atoms with van der Waals surface area (Å²) in [5.41, 5.74) is 2.35. The Kier molecular flexibility index (Phi) is 3.38. The monoisotopic (exact) mass is 210 g/mol. The highest BCUT2D eigenvalue weighted by molar-refractivity contribution is 5.17. The van der Waals surface area contributed by atoms with E-state index in [1.807, 2.05) is 6.20 Å². The molecule has 0 unspecified atom stereocenters. The van der Waals surface area contributed by atoms with Gasteiger partial charge in [-0.15, -0.1) is 0 Å². The molecule has 2 rings (SSSR count). The molecule has 4 heteroatoms. The lowest BCUT2D eigenvalue weighted by Gasteiger charge is -2.23. The molecule has 0 aliphatic carbocycles. The molecule has 0 spiro atoms. The number of hydrogen-bond acceptors (Lipinski definition) is 3. The van der Waals surface area contributed by atoms with Crippen LogP contribution in [-0.4, -0.2) is 34.7 Å². The number of hydrogen-bond donors (Lipinski definition) is 1. The maximum Gasteiger partial charge on any atom is 0.0566 e. The van der Waals surface area contributed by atoms with Gasteiger partial charge in [-0.2, -0.15) is 5.10 Å². The first-order chi connectivity index (χ1) is 7.33. The molecule has 0 amide bonds. The number of aliphatic hydroxyl groups excluding tert-OH is 1. The molecule has 1 N–H and O–H groups in total. The summed E-state index contributed by atoms with van der Waals surface area (Å²) in [4.78, 5) is 0. The van der Waals surface area contributed by atoms with Crippen LogP contribution in [0.15, 0.2) is 6.20 Å². The molecule has 0 aromatic carbocycles. The van der Waals surface area contributed by atoms with E-state index in [9.17, 15) is 0 Å². The maximum absolute atomic E-state index is 8.91. The van der Waals surface area contributed by atoms with Crippen molar-refractivity contribution in [2.45, 2.75) is 32.2 Å². The van der Waals surface area contributed by atoms with Crippen molar-refractivity contribution in [1.82, 2.24) is 9.78 Å². The lowest BCUT2D eigenvalue weighted by molar-refractivity contribution is 0.0656. The van der Waals surface area contributed by atoms with E-state index in [1.165, 1.54) is 5.69 Å². The zero-order chi connectivity index (χ0) is 10.7. The standard InChI is InChI=1S/C11H18N2O2/c1-9-10(2-5-14)8-12-13(9)11-3-6-15-7-4-11/h8,11,14H,2-7H2,1H3. The second kappa shape index (κ2) is 4.77. The van der Waals surface area contributed by atoms with E-state index >= 15 is 0 Å². The fourth-order valence-electron chi connectivity index (χ4n) is 2.12. The van der Waals surface area contributed by atoms with Gasteiger partial charge in [-0.05, 0) is 31.7 Å². The highest BCUT2D eigenvalue weighted by Crippen LogP contribution is 2.23. The van der Waals surface area contributed by atoms with E-state index in [0.717, 1.165) is 31.6 Å². The Morgan fingerprint density at radius 2 is 2.27 bits per heavy atom. The summed E-state index contributed by atoms with van der Waals surface area (Å²) >= 11 is 0. The van der Waals surface area contributed by atoms with Crippen LogP contribution in [0.1, 0.15) is 30.1 Å². The topological polar surface area (TPSA) is 47.3 Å². The summed E-state index contributed by atoms with van der Waals surface area (Å²) in [7, 11) is 0. The van der Waals surface area contributed by atoms with Crippen molar-refractivity contribution in [3.05, 3.63) is 17.5 Å². The van der Waals surface area contributed by atoms with Gasteiger partial charge in [0.2, 0.25) is 0 Å². The molecule has 1 saturated heterocycles. The number of nitrogens with zero attached hydrogens (tertiary/aromatic N) is 2. The molecule has 2 heterocycles. The molecular weight excluding hydrogens is 192 g/mol. The van der Waals surface area contributed by atoms with Crippen molar-refractivity contribution >= 4 is 0 Å². The predicted molar refractivity (Wildman–Crippen MR) is 56.8 cm³/mol. The van der Waals surface area contributed by atoms with E-state index in [-0.39, 0.29) is 6.61 Å². The Morgan fingerprint density at radius 3 is 2.93 bits per heavy atom. The first kappa shape index (κ1) is 10.6. The number of rotatable bonds is 3. The van der Waals surface area contributed by atoms with Gasteiger partial charge in [-0.25, -0.2) is 0 Å². The third kappa shape index (κ3) is 2.21. The van der Waals surface area contributed by atoms with Crippen LogP contribution in [0.5, 0.6) is 0 Å². The van der Waals surface area contributed by atoms with E-state index < -0.39 is 0 Å². The second-order valence-electron chi connectivity index (χ2n) is 4.02. The Balaban J connectivity index is 2.13. The van der Waals surface area contributed by atoms with Crippen molar-refractivity contribution < 1.29 is 9.84 Å². The van der Waals surface area contributed by atoms with Crippen LogP contribution in [0.3, 0.4) is 0 Å². The molecule has 0 radical (unpaired) electrons. The summed E-state index contributed by atoms with van der Waals surface area (Å²) in [5, 5.41) is 13.3. The molecule has 0 atom stereocenters. The Bertz CT molecular complexity index is 316. The van der Waals surface area contributed by atoms with Crippen LogP contribution in [0.2, 0.25) is 0 Å². The lowest BCUT2D eigenvalue weighted by atomic mass is 10.1. The molecule has 1 fully saturated rings. The van der Waals surface area contributed by atoms with E-state index in [4.69, 9.17) is 9.84 Å². The van der Waals surface area contributed by atoms with Gasteiger partial charge in [0.05, 0.1) is 12.2 Å². The van der Waals surface area contributed by atoms with Crippen LogP contribution in [0.25, 0.3) is 0 Å². The fourth-order valence-corrected chi connectivity index (χ4v) is 2.12. The van der Waals surface area contributed by atoms with Crippen molar-refractivity contribution in [2.75, 3.05) is 19.8 Å². The molecule has 4 nitrogen and oxygen atoms in total. The third-order valence-corrected chi connectivity index (χ3v) is 3.06. The van der Waals surface area contributed by atoms with E-state index in [0.29, 0.717) is 12.5 Å². The van der Waals surface area contributed by atoms with Crippen LogP contribution in [-0.2, 0) is 11.2 Å².